The standard InChI is InChI=1S/C24H21FN4O3/c1-32-24(31)16-3-2-4-19(11-16)28-23(30)15-7-9-29(10-8-15)22-17(13-26)14-27-21-6-5-18(25)12-20(21)22/h2-6,11-12,14-15H,7-10H2,1H3,(H,28,30). The van der Waals surface area contributed by atoms with Crippen LogP contribution in [0.4, 0.5) is 15.8 Å². The summed E-state index contributed by atoms with van der Waals surface area (Å²) in [4.78, 5) is 30.8. The first kappa shape index (κ1) is 21.2. The summed E-state index contributed by atoms with van der Waals surface area (Å²) < 4.78 is 18.6. The molecule has 0 bridgehead atoms. The lowest BCUT2D eigenvalue weighted by Crippen LogP contribution is -2.38. The van der Waals surface area contributed by atoms with Crippen molar-refractivity contribution in [1.82, 2.24) is 4.98 Å². The molecule has 1 fully saturated rings. The Morgan fingerprint density at radius 2 is 2.00 bits per heavy atom. The number of esters is 1. The van der Waals surface area contributed by atoms with Gasteiger partial charge in [-0.05, 0) is 49.2 Å². The SMILES string of the molecule is COC(=O)c1cccc(NC(=O)C2CCN(c3c(C#N)cnc4ccc(F)cc34)CC2)c1. The molecule has 32 heavy (non-hydrogen) atoms. The van der Waals surface area contributed by atoms with Crippen molar-refractivity contribution in [3.63, 3.8) is 0 Å². The first-order valence-corrected chi connectivity index (χ1v) is 10.2. The lowest BCUT2D eigenvalue weighted by Gasteiger charge is -2.34. The van der Waals surface area contributed by atoms with Gasteiger partial charge in [-0.2, -0.15) is 5.26 Å². The monoisotopic (exact) mass is 432 g/mol. The molecule has 0 saturated carbocycles. The maximum absolute atomic E-state index is 13.9. The molecule has 1 amide bonds. The molecule has 2 aromatic carbocycles. The minimum Gasteiger partial charge on any atom is -0.465 e. The van der Waals surface area contributed by atoms with Crippen LogP contribution in [-0.4, -0.2) is 37.1 Å². The number of halogens is 1. The van der Waals surface area contributed by atoms with Gasteiger partial charge in [0.25, 0.3) is 0 Å². The van der Waals surface area contributed by atoms with E-state index in [0.29, 0.717) is 59.3 Å². The Labute approximate surface area is 184 Å². The van der Waals surface area contributed by atoms with Gasteiger partial charge in [-0.15, -0.1) is 0 Å². The van der Waals surface area contributed by atoms with E-state index >= 15 is 0 Å². The van der Waals surface area contributed by atoms with Gasteiger partial charge in [0.05, 0.1) is 29.4 Å². The smallest absolute Gasteiger partial charge is 0.337 e. The maximum atomic E-state index is 13.9. The van der Waals surface area contributed by atoms with E-state index in [1.807, 2.05) is 4.90 Å². The molecule has 1 aromatic heterocycles. The van der Waals surface area contributed by atoms with Gasteiger partial charge in [0.15, 0.2) is 0 Å². The average Bonchev–Trinajstić information content (AvgIpc) is 2.83. The summed E-state index contributed by atoms with van der Waals surface area (Å²) in [7, 11) is 1.31. The molecule has 0 aliphatic carbocycles. The Morgan fingerprint density at radius 1 is 1.22 bits per heavy atom. The van der Waals surface area contributed by atoms with Crippen LogP contribution in [0.15, 0.2) is 48.7 Å². The molecule has 2 heterocycles. The molecule has 1 saturated heterocycles. The van der Waals surface area contributed by atoms with Gasteiger partial charge < -0.3 is 15.0 Å². The first-order valence-electron chi connectivity index (χ1n) is 10.2. The molecule has 7 nitrogen and oxygen atoms in total. The van der Waals surface area contributed by atoms with Crippen molar-refractivity contribution in [2.45, 2.75) is 12.8 Å². The zero-order valence-electron chi connectivity index (χ0n) is 17.5. The zero-order chi connectivity index (χ0) is 22.7. The highest BCUT2D eigenvalue weighted by Gasteiger charge is 2.27. The van der Waals surface area contributed by atoms with E-state index in [0.717, 1.165) is 0 Å². The topological polar surface area (TPSA) is 95.3 Å². The molecule has 0 radical (unpaired) electrons. The predicted octanol–water partition coefficient (Wildman–Crippen LogP) is 3.89. The number of ether oxygens (including phenoxy) is 1. The second kappa shape index (κ2) is 9.02. The third kappa shape index (κ3) is 4.23. The highest BCUT2D eigenvalue weighted by Crippen LogP contribution is 2.33. The number of carbonyl (C=O) groups excluding carboxylic acids is 2. The van der Waals surface area contributed by atoms with Gasteiger partial charge in [-0.25, -0.2) is 9.18 Å². The number of carbonyl (C=O) groups is 2. The lowest BCUT2D eigenvalue weighted by molar-refractivity contribution is -0.120. The highest BCUT2D eigenvalue weighted by atomic mass is 19.1. The molecule has 3 aromatic rings. The van der Waals surface area contributed by atoms with E-state index in [9.17, 15) is 19.2 Å². The van der Waals surface area contributed by atoms with E-state index in [-0.39, 0.29) is 17.6 Å². The minimum absolute atomic E-state index is 0.127. The Kier molecular flexibility index (Phi) is 5.99. The van der Waals surface area contributed by atoms with Crippen molar-refractivity contribution in [2.24, 2.45) is 5.92 Å². The average molecular weight is 432 g/mol. The Morgan fingerprint density at radius 3 is 2.72 bits per heavy atom. The van der Waals surface area contributed by atoms with Gasteiger partial charge in [-0.1, -0.05) is 6.07 Å². The van der Waals surface area contributed by atoms with Crippen LogP contribution in [0.5, 0.6) is 0 Å². The minimum atomic E-state index is -0.469. The van der Waals surface area contributed by atoms with Crippen LogP contribution in [0.25, 0.3) is 10.9 Å². The van der Waals surface area contributed by atoms with Crippen LogP contribution in [-0.2, 0) is 9.53 Å². The van der Waals surface area contributed by atoms with Crippen LogP contribution in [0.2, 0.25) is 0 Å². The number of hydrogen-bond donors (Lipinski definition) is 1. The molecule has 0 atom stereocenters. The van der Waals surface area contributed by atoms with Crippen LogP contribution < -0.4 is 10.2 Å². The van der Waals surface area contributed by atoms with Crippen molar-refractivity contribution >= 4 is 34.2 Å². The van der Waals surface area contributed by atoms with Gasteiger partial charge >= 0.3 is 5.97 Å². The fraction of sp³-hybridized carbons (Fsp3) is 0.250. The Balaban J connectivity index is 1.48. The fourth-order valence-corrected chi connectivity index (χ4v) is 4.02. The second-order valence-electron chi connectivity index (χ2n) is 7.62. The molecule has 0 spiro atoms. The number of benzene rings is 2. The molecule has 0 unspecified atom stereocenters. The van der Waals surface area contributed by atoms with Crippen molar-refractivity contribution in [1.29, 1.82) is 5.26 Å². The van der Waals surface area contributed by atoms with E-state index in [2.05, 4.69) is 16.4 Å². The quantitative estimate of drug-likeness (QED) is 0.629. The van der Waals surface area contributed by atoms with Crippen LogP contribution in [0.1, 0.15) is 28.8 Å². The second-order valence-corrected chi connectivity index (χ2v) is 7.62. The molecular weight excluding hydrogens is 411 g/mol. The van der Waals surface area contributed by atoms with Gasteiger partial charge in [-0.3, -0.25) is 9.78 Å². The van der Waals surface area contributed by atoms with Crippen LogP contribution >= 0.6 is 0 Å². The number of pyridine rings is 1. The molecule has 4 rings (SSSR count). The van der Waals surface area contributed by atoms with Gasteiger partial charge in [0.1, 0.15) is 11.9 Å². The highest BCUT2D eigenvalue weighted by molar-refractivity contribution is 5.96. The number of nitrogens with one attached hydrogen (secondary N) is 1. The number of methoxy groups -OCH3 is 1. The number of amides is 1. The molecule has 1 N–H and O–H groups in total. The van der Waals surface area contributed by atoms with Gasteiger partial charge in [0.2, 0.25) is 5.91 Å². The summed E-state index contributed by atoms with van der Waals surface area (Å²) in [5.41, 5.74) is 2.54. The number of fused-ring (bicyclic) bond motifs is 1. The summed E-state index contributed by atoms with van der Waals surface area (Å²) in [6.45, 7) is 1.09. The summed E-state index contributed by atoms with van der Waals surface area (Å²) >= 11 is 0. The van der Waals surface area contributed by atoms with E-state index in [1.54, 1.807) is 30.3 Å². The molecule has 162 valence electrons. The Hall–Kier alpha value is -3.99. The molecule has 8 heteroatoms. The predicted molar refractivity (Wildman–Crippen MR) is 118 cm³/mol. The van der Waals surface area contributed by atoms with E-state index in [4.69, 9.17) is 4.74 Å². The summed E-state index contributed by atoms with van der Waals surface area (Å²) in [5, 5.41) is 13.0. The number of anilines is 2. The lowest BCUT2D eigenvalue weighted by atomic mass is 9.94. The summed E-state index contributed by atoms with van der Waals surface area (Å²) in [6, 6.07) is 13.1. The molecular formula is C24H21FN4O3. The third-order valence-electron chi connectivity index (χ3n) is 5.66. The van der Waals surface area contributed by atoms with Crippen molar-refractivity contribution in [2.75, 3.05) is 30.4 Å². The number of aromatic nitrogens is 1. The summed E-state index contributed by atoms with van der Waals surface area (Å²) in [6.07, 6.45) is 2.65. The normalized spacial score (nSPS) is 14.1. The van der Waals surface area contributed by atoms with Crippen molar-refractivity contribution in [3.05, 3.63) is 65.6 Å². The number of nitriles is 1. The first-order chi connectivity index (χ1) is 15.5. The third-order valence-corrected chi connectivity index (χ3v) is 5.66. The largest absolute Gasteiger partial charge is 0.465 e. The van der Waals surface area contributed by atoms with Crippen molar-refractivity contribution < 1.29 is 18.7 Å². The fourth-order valence-electron chi connectivity index (χ4n) is 4.02. The zero-order valence-corrected chi connectivity index (χ0v) is 17.5. The van der Waals surface area contributed by atoms with E-state index in [1.165, 1.54) is 25.4 Å². The van der Waals surface area contributed by atoms with Gasteiger partial charge in [0, 0.05) is 36.3 Å². The molecule has 1 aliphatic heterocycles. The Bertz CT molecular complexity index is 1230. The van der Waals surface area contributed by atoms with Crippen LogP contribution in [0.3, 0.4) is 0 Å². The maximum Gasteiger partial charge on any atom is 0.337 e. The number of rotatable bonds is 4. The molecule has 1 aliphatic rings. The van der Waals surface area contributed by atoms with E-state index < -0.39 is 5.97 Å². The van der Waals surface area contributed by atoms with Crippen LogP contribution in [0, 0.1) is 23.1 Å². The number of nitrogens with zero attached hydrogens (tertiary/aromatic N) is 3. The number of hydrogen-bond acceptors (Lipinski definition) is 6. The summed E-state index contributed by atoms with van der Waals surface area (Å²) in [5.74, 6) is -1.20. The van der Waals surface area contributed by atoms with Crippen molar-refractivity contribution in [3.8, 4) is 6.07 Å². The number of piperidine rings is 1.